The fourth-order valence-corrected chi connectivity index (χ4v) is 4.01. The van der Waals surface area contributed by atoms with Crippen LogP contribution in [0.1, 0.15) is 68.9 Å². The van der Waals surface area contributed by atoms with Gasteiger partial charge in [0.15, 0.2) is 11.6 Å². The number of nitriles is 1. The van der Waals surface area contributed by atoms with Crippen molar-refractivity contribution >= 4 is 29.7 Å². The van der Waals surface area contributed by atoms with Crippen LogP contribution >= 0.6 is 0 Å². The Morgan fingerprint density at radius 2 is 1.67 bits per heavy atom. The molecule has 0 fully saturated rings. The van der Waals surface area contributed by atoms with E-state index in [-0.39, 0.29) is 51.0 Å². The Hall–Kier alpha value is -5.45. The summed E-state index contributed by atoms with van der Waals surface area (Å²) in [6.45, 7) is 13.2. The Morgan fingerprint density at radius 3 is 2.20 bits per heavy atom. The molecule has 0 saturated heterocycles. The molecule has 0 unspecified atom stereocenters. The number of esters is 1. The van der Waals surface area contributed by atoms with Crippen molar-refractivity contribution in [3.8, 4) is 22.9 Å². The molecule has 13 nitrogen and oxygen atoms in total. The zero-order valence-corrected chi connectivity index (χ0v) is 26.4. The highest BCUT2D eigenvalue weighted by molar-refractivity contribution is 5.94. The summed E-state index contributed by atoms with van der Waals surface area (Å²) in [7, 11) is 2.69. The second-order valence-electron chi connectivity index (χ2n) is 11.8. The van der Waals surface area contributed by atoms with Crippen LogP contribution < -0.4 is 10.5 Å². The first-order valence-electron chi connectivity index (χ1n) is 13.6. The quantitative estimate of drug-likeness (QED) is 0.198. The topological polar surface area (TPSA) is 172 Å². The molecular weight excluding hydrogens is 587 g/mol. The number of aryl methyl sites for hydroxylation is 1. The van der Waals surface area contributed by atoms with Crippen LogP contribution in [0.25, 0.3) is 16.9 Å². The van der Waals surface area contributed by atoms with E-state index < -0.39 is 41.7 Å². The molecule has 3 rings (SSSR count). The number of ether oxygens (including phenoxy) is 4. The second kappa shape index (κ2) is 13.0. The Labute approximate surface area is 259 Å². The third-order valence-corrected chi connectivity index (χ3v) is 5.85. The molecule has 0 spiro atoms. The van der Waals surface area contributed by atoms with Crippen LogP contribution in [0.15, 0.2) is 37.0 Å². The molecule has 0 aliphatic rings. The van der Waals surface area contributed by atoms with Gasteiger partial charge in [-0.15, -0.1) is 0 Å². The fourth-order valence-electron chi connectivity index (χ4n) is 4.01. The lowest BCUT2D eigenvalue weighted by atomic mass is 10.0. The van der Waals surface area contributed by atoms with Gasteiger partial charge in [-0.1, -0.05) is 6.58 Å². The number of nitrogens with zero attached hydrogens (tertiary/aromatic N) is 5. The van der Waals surface area contributed by atoms with E-state index in [1.54, 1.807) is 41.5 Å². The molecule has 1 aromatic carbocycles. The lowest BCUT2D eigenvalue weighted by Crippen LogP contribution is -2.43. The number of anilines is 1. The van der Waals surface area contributed by atoms with Gasteiger partial charge in [-0.25, -0.2) is 28.7 Å². The molecule has 0 atom stereocenters. The average molecular weight is 623 g/mol. The van der Waals surface area contributed by atoms with E-state index in [1.807, 2.05) is 0 Å². The summed E-state index contributed by atoms with van der Waals surface area (Å²) >= 11 is 0. The molecule has 3 aromatic rings. The second-order valence-corrected chi connectivity index (χ2v) is 11.8. The highest BCUT2D eigenvalue weighted by atomic mass is 19.1. The van der Waals surface area contributed by atoms with Crippen molar-refractivity contribution in [1.29, 1.82) is 5.26 Å². The van der Waals surface area contributed by atoms with Gasteiger partial charge in [-0.2, -0.15) is 10.4 Å². The smallest absolute Gasteiger partial charge is 0.420 e. The van der Waals surface area contributed by atoms with Crippen molar-refractivity contribution in [2.45, 2.75) is 59.3 Å². The number of hydrogen-bond donors (Lipinski definition) is 1. The largest absolute Gasteiger partial charge is 0.465 e. The van der Waals surface area contributed by atoms with Gasteiger partial charge in [-0.3, -0.25) is 4.68 Å². The number of hydrogen-bond acceptors (Lipinski definition) is 11. The van der Waals surface area contributed by atoms with Crippen molar-refractivity contribution < 1.29 is 37.7 Å². The van der Waals surface area contributed by atoms with E-state index in [0.29, 0.717) is 0 Å². The molecule has 2 N–H and O–H groups in total. The molecule has 0 aliphatic heterocycles. The minimum Gasteiger partial charge on any atom is -0.465 e. The van der Waals surface area contributed by atoms with E-state index in [1.165, 1.54) is 37.2 Å². The Balaban J connectivity index is 2.09. The maximum atomic E-state index is 14.1. The number of pyridine rings is 1. The van der Waals surface area contributed by atoms with E-state index in [9.17, 15) is 24.0 Å². The fraction of sp³-hybridized carbons (Fsp3) is 0.355. The first-order valence-corrected chi connectivity index (χ1v) is 13.6. The monoisotopic (exact) mass is 622 g/mol. The van der Waals surface area contributed by atoms with Crippen LogP contribution in [0.4, 0.5) is 19.8 Å². The van der Waals surface area contributed by atoms with Gasteiger partial charge in [0.1, 0.15) is 34.5 Å². The predicted octanol–water partition coefficient (Wildman–Crippen LogP) is 5.58. The molecule has 2 aromatic heterocycles. The normalized spacial score (nSPS) is 11.3. The van der Waals surface area contributed by atoms with Gasteiger partial charge in [0.05, 0.1) is 24.9 Å². The maximum absolute atomic E-state index is 14.1. The zero-order chi connectivity index (χ0) is 33.9. The van der Waals surface area contributed by atoms with Gasteiger partial charge in [0.25, 0.3) is 0 Å². The number of nitrogen functional groups attached to an aromatic ring is 1. The van der Waals surface area contributed by atoms with Crippen molar-refractivity contribution in [3.63, 3.8) is 0 Å². The third-order valence-electron chi connectivity index (χ3n) is 5.85. The summed E-state index contributed by atoms with van der Waals surface area (Å²) in [5.74, 6) is -1.68. The number of imide groups is 1. The van der Waals surface area contributed by atoms with Gasteiger partial charge < -0.3 is 24.7 Å². The van der Waals surface area contributed by atoms with E-state index in [4.69, 9.17) is 24.7 Å². The minimum atomic E-state index is -0.987. The highest BCUT2D eigenvalue weighted by Gasteiger charge is 2.34. The predicted molar refractivity (Wildman–Crippen MR) is 161 cm³/mol. The molecular formula is C31H35FN6O7. The van der Waals surface area contributed by atoms with Gasteiger partial charge >= 0.3 is 18.2 Å². The lowest BCUT2D eigenvalue weighted by molar-refractivity contribution is -0.000511. The Bertz CT molecular complexity index is 1670. The first kappa shape index (κ1) is 34.0. The van der Waals surface area contributed by atoms with Crippen LogP contribution in [0.2, 0.25) is 0 Å². The number of amides is 2. The number of carbonyl (C=O) groups is 3. The SMILES string of the molecule is C=C(Oc1cc(-c2c(CN(C(=O)OC(C)(C)C)C(=O)OC(C)(C)C)nn(C)c2C#N)cnc1N)c1cc(F)ccc1C(=O)OC. The number of benzene rings is 1. The zero-order valence-electron chi connectivity index (χ0n) is 26.4. The maximum Gasteiger partial charge on any atom is 0.420 e. The molecule has 2 heterocycles. The molecule has 14 heteroatoms. The molecule has 0 bridgehead atoms. The average Bonchev–Trinajstić information content (AvgIpc) is 3.24. The molecule has 0 saturated carbocycles. The molecule has 238 valence electrons. The van der Waals surface area contributed by atoms with Crippen LogP contribution in [-0.2, 0) is 27.8 Å². The Kier molecular flexibility index (Phi) is 9.87. The highest BCUT2D eigenvalue weighted by Crippen LogP contribution is 2.35. The van der Waals surface area contributed by atoms with Gasteiger partial charge in [0.2, 0.25) is 0 Å². The van der Waals surface area contributed by atoms with Gasteiger partial charge in [0, 0.05) is 29.9 Å². The standard InChI is InChI=1S/C31H35FN6O7/c1-17(21-13-19(32)10-11-20(21)27(39)42-9)43-24-12-18(15-35-26(24)34)25-22(36-37(8)23(25)14-33)16-38(28(40)44-30(2,3)4)29(41)45-31(5,6)7/h10-13,15H,1,16H2,2-9H3,(H2,34,35). The number of rotatable bonds is 7. The van der Waals surface area contributed by atoms with E-state index >= 15 is 0 Å². The molecule has 0 radical (unpaired) electrons. The third kappa shape index (κ3) is 8.35. The number of carbonyl (C=O) groups excluding carboxylic acids is 3. The number of aromatic nitrogens is 3. The van der Waals surface area contributed by atoms with Crippen molar-refractivity contribution in [2.75, 3.05) is 12.8 Å². The van der Waals surface area contributed by atoms with E-state index in [2.05, 4.69) is 22.7 Å². The summed E-state index contributed by atoms with van der Waals surface area (Å²) in [6.07, 6.45) is -0.627. The van der Waals surface area contributed by atoms with Crippen LogP contribution in [0, 0.1) is 17.1 Å². The van der Waals surface area contributed by atoms with Crippen molar-refractivity contribution in [1.82, 2.24) is 19.7 Å². The summed E-state index contributed by atoms with van der Waals surface area (Å²) in [5, 5.41) is 14.4. The summed E-state index contributed by atoms with van der Waals surface area (Å²) in [4.78, 5) is 43.5. The summed E-state index contributed by atoms with van der Waals surface area (Å²) in [6, 6.07) is 6.86. The summed E-state index contributed by atoms with van der Waals surface area (Å²) in [5.41, 5.74) is 4.88. The van der Waals surface area contributed by atoms with E-state index in [0.717, 1.165) is 17.0 Å². The van der Waals surface area contributed by atoms with Crippen LogP contribution in [0.5, 0.6) is 5.75 Å². The van der Waals surface area contributed by atoms with Crippen molar-refractivity contribution in [2.24, 2.45) is 7.05 Å². The number of halogens is 1. The van der Waals surface area contributed by atoms with Crippen molar-refractivity contribution in [3.05, 3.63) is 65.4 Å². The lowest BCUT2D eigenvalue weighted by Gasteiger charge is -2.28. The van der Waals surface area contributed by atoms with Crippen LogP contribution in [0.3, 0.4) is 0 Å². The molecule has 2 amide bonds. The van der Waals surface area contributed by atoms with Gasteiger partial charge in [-0.05, 0) is 65.8 Å². The number of nitrogens with two attached hydrogens (primary N) is 1. The van der Waals surface area contributed by atoms with Crippen LogP contribution in [-0.4, -0.2) is 56.1 Å². The number of methoxy groups -OCH3 is 1. The summed E-state index contributed by atoms with van der Waals surface area (Å²) < 4.78 is 36.9. The Morgan fingerprint density at radius 1 is 1.07 bits per heavy atom. The first-order chi connectivity index (χ1) is 20.8. The minimum absolute atomic E-state index is 0.00252. The molecule has 0 aliphatic carbocycles. The molecule has 45 heavy (non-hydrogen) atoms.